The molecule has 0 bridgehead atoms. The number of aromatic carboxylic acids is 1. The second kappa shape index (κ2) is 5.70. The van der Waals surface area contributed by atoms with Crippen LogP contribution in [-0.2, 0) is 22.9 Å². The molecule has 2 aromatic rings. The van der Waals surface area contributed by atoms with E-state index in [1.807, 2.05) is 12.1 Å². The van der Waals surface area contributed by atoms with E-state index in [0.717, 1.165) is 30.9 Å². The highest BCUT2D eigenvalue weighted by Crippen LogP contribution is 2.27. The zero-order valence-electron chi connectivity index (χ0n) is 12.6. The van der Waals surface area contributed by atoms with E-state index in [-0.39, 0.29) is 10.5 Å². The number of hydrogen-bond donors (Lipinski definition) is 1. The quantitative estimate of drug-likeness (QED) is 0.923. The highest BCUT2D eigenvalue weighted by Gasteiger charge is 2.19. The van der Waals surface area contributed by atoms with Crippen molar-refractivity contribution in [2.45, 2.75) is 31.1 Å². The van der Waals surface area contributed by atoms with Crippen LogP contribution in [0.4, 0.5) is 5.69 Å². The van der Waals surface area contributed by atoms with Crippen molar-refractivity contribution in [2.24, 2.45) is 0 Å². The maximum Gasteiger partial charge on any atom is 0.262 e. The zero-order chi connectivity index (χ0) is 16.6. The summed E-state index contributed by atoms with van der Waals surface area (Å²) >= 11 is 0. The molecule has 2 aromatic carbocycles. The Bertz CT molecular complexity index is 887. The summed E-state index contributed by atoms with van der Waals surface area (Å²) in [5, 5.41) is 11.0. The number of fused-ring (bicyclic) bond motifs is 1. The molecule has 0 heterocycles. The lowest BCUT2D eigenvalue weighted by molar-refractivity contribution is -0.255. The Labute approximate surface area is 135 Å². The van der Waals surface area contributed by atoms with E-state index in [1.54, 1.807) is 13.0 Å². The average molecular weight is 330 g/mol. The molecule has 23 heavy (non-hydrogen) atoms. The van der Waals surface area contributed by atoms with Gasteiger partial charge in [0.1, 0.15) is 0 Å². The van der Waals surface area contributed by atoms with Crippen molar-refractivity contribution in [1.82, 2.24) is 0 Å². The maximum absolute atomic E-state index is 12.6. The lowest BCUT2D eigenvalue weighted by Crippen LogP contribution is -2.23. The molecule has 0 spiro atoms. The largest absolute Gasteiger partial charge is 0.545 e. The number of benzene rings is 2. The fraction of sp³-hybridized carbons (Fsp3) is 0.235. The molecule has 0 aliphatic heterocycles. The molecule has 5 nitrogen and oxygen atoms in total. The minimum atomic E-state index is -3.86. The molecule has 0 radical (unpaired) electrons. The van der Waals surface area contributed by atoms with Crippen LogP contribution in [0.2, 0.25) is 0 Å². The number of carbonyl (C=O) groups is 1. The first-order valence-electron chi connectivity index (χ1n) is 7.33. The molecule has 1 aliphatic rings. The number of rotatable bonds is 4. The molecule has 1 aliphatic carbocycles. The Morgan fingerprint density at radius 1 is 1.09 bits per heavy atom. The normalized spacial score (nSPS) is 13.6. The number of nitrogens with one attached hydrogen (secondary N) is 1. The molecule has 0 aromatic heterocycles. The lowest BCUT2D eigenvalue weighted by atomic mass is 10.1. The van der Waals surface area contributed by atoms with Gasteiger partial charge in [-0.1, -0.05) is 18.2 Å². The number of sulfonamides is 1. The summed E-state index contributed by atoms with van der Waals surface area (Å²) in [5.74, 6) is -1.40. The summed E-state index contributed by atoms with van der Waals surface area (Å²) in [6, 6.07) is 9.43. The van der Waals surface area contributed by atoms with Crippen LogP contribution in [0, 0.1) is 6.92 Å². The van der Waals surface area contributed by atoms with Gasteiger partial charge in [0.2, 0.25) is 0 Å². The zero-order valence-corrected chi connectivity index (χ0v) is 13.4. The standard InChI is InChI=1S/C17H17NO4S/c1-11-5-6-14(17(19)20)10-16(11)23(21,22)18-15-8-7-12-3-2-4-13(12)9-15/h5-10,18H,2-4H2,1H3,(H,19,20)/p-1. The summed E-state index contributed by atoms with van der Waals surface area (Å²) in [6.07, 6.45) is 3.05. The van der Waals surface area contributed by atoms with Gasteiger partial charge in [0.15, 0.2) is 0 Å². The number of hydrogen-bond acceptors (Lipinski definition) is 4. The molecular formula is C17H16NO4S-. The molecule has 0 atom stereocenters. The van der Waals surface area contributed by atoms with Gasteiger partial charge in [0, 0.05) is 5.69 Å². The number of carbonyl (C=O) groups excluding carboxylic acids is 1. The predicted octanol–water partition coefficient (Wildman–Crippen LogP) is 1.65. The van der Waals surface area contributed by atoms with E-state index in [9.17, 15) is 18.3 Å². The van der Waals surface area contributed by atoms with Crippen molar-refractivity contribution >= 4 is 21.7 Å². The van der Waals surface area contributed by atoms with E-state index in [0.29, 0.717) is 11.3 Å². The van der Waals surface area contributed by atoms with Crippen molar-refractivity contribution in [3.63, 3.8) is 0 Å². The maximum atomic E-state index is 12.6. The SMILES string of the molecule is Cc1ccc(C(=O)[O-])cc1S(=O)(=O)Nc1ccc2c(c1)CCC2. The number of carboxylic acids is 1. The number of carboxylic acid groups (broad SMARTS) is 1. The van der Waals surface area contributed by atoms with Gasteiger partial charge in [-0.15, -0.1) is 0 Å². The Kier molecular flexibility index (Phi) is 3.85. The third kappa shape index (κ3) is 3.07. The Hall–Kier alpha value is -2.34. The molecule has 0 unspecified atom stereocenters. The molecule has 0 fully saturated rings. The Balaban J connectivity index is 1.96. The first-order chi connectivity index (χ1) is 10.9. The smallest absolute Gasteiger partial charge is 0.262 e. The van der Waals surface area contributed by atoms with Crippen molar-refractivity contribution in [3.05, 3.63) is 58.7 Å². The van der Waals surface area contributed by atoms with Crippen molar-refractivity contribution in [2.75, 3.05) is 4.72 Å². The third-order valence-corrected chi connectivity index (χ3v) is 5.59. The number of aryl methyl sites for hydroxylation is 3. The summed E-state index contributed by atoms with van der Waals surface area (Å²) < 4.78 is 27.7. The molecular weight excluding hydrogens is 314 g/mol. The highest BCUT2D eigenvalue weighted by atomic mass is 32.2. The second-order valence-corrected chi connectivity index (χ2v) is 7.36. The minimum absolute atomic E-state index is 0.0558. The third-order valence-electron chi connectivity index (χ3n) is 4.06. The van der Waals surface area contributed by atoms with E-state index in [1.165, 1.54) is 17.7 Å². The van der Waals surface area contributed by atoms with Gasteiger partial charge in [0.25, 0.3) is 10.0 Å². The van der Waals surface area contributed by atoms with Crippen LogP contribution in [-0.4, -0.2) is 14.4 Å². The van der Waals surface area contributed by atoms with Crippen molar-refractivity contribution in [1.29, 1.82) is 0 Å². The van der Waals surface area contributed by atoms with Gasteiger partial charge in [-0.25, -0.2) is 8.42 Å². The molecule has 0 amide bonds. The predicted molar refractivity (Wildman–Crippen MR) is 84.8 cm³/mol. The van der Waals surface area contributed by atoms with Crippen LogP contribution in [0.5, 0.6) is 0 Å². The van der Waals surface area contributed by atoms with Gasteiger partial charge >= 0.3 is 0 Å². The first-order valence-corrected chi connectivity index (χ1v) is 8.82. The van der Waals surface area contributed by atoms with E-state index >= 15 is 0 Å². The fourth-order valence-electron chi connectivity index (χ4n) is 2.86. The molecule has 120 valence electrons. The lowest BCUT2D eigenvalue weighted by Gasteiger charge is -2.13. The van der Waals surface area contributed by atoms with Crippen LogP contribution < -0.4 is 9.83 Å². The first kappa shape index (κ1) is 15.6. The van der Waals surface area contributed by atoms with E-state index in [2.05, 4.69) is 4.72 Å². The summed E-state index contributed by atoms with van der Waals surface area (Å²) in [6.45, 7) is 1.62. The van der Waals surface area contributed by atoms with Crippen molar-refractivity contribution < 1.29 is 18.3 Å². The highest BCUT2D eigenvalue weighted by molar-refractivity contribution is 7.92. The molecule has 0 saturated carbocycles. The summed E-state index contributed by atoms with van der Waals surface area (Å²) in [4.78, 5) is 10.9. The van der Waals surface area contributed by atoms with Crippen LogP contribution in [0.3, 0.4) is 0 Å². The molecule has 1 N–H and O–H groups in total. The Morgan fingerprint density at radius 2 is 1.83 bits per heavy atom. The van der Waals surface area contributed by atoms with Crippen LogP contribution >= 0.6 is 0 Å². The monoisotopic (exact) mass is 330 g/mol. The Morgan fingerprint density at radius 3 is 2.57 bits per heavy atom. The van der Waals surface area contributed by atoms with Crippen LogP contribution in [0.1, 0.15) is 33.5 Å². The van der Waals surface area contributed by atoms with Gasteiger partial charge in [-0.05, 0) is 66.6 Å². The summed E-state index contributed by atoms with van der Waals surface area (Å²) in [5.41, 5.74) is 3.21. The molecule has 6 heteroatoms. The molecule has 3 rings (SSSR count). The van der Waals surface area contributed by atoms with Gasteiger partial charge in [-0.3, -0.25) is 4.72 Å². The van der Waals surface area contributed by atoms with Crippen molar-refractivity contribution in [3.8, 4) is 0 Å². The number of anilines is 1. The molecule has 0 saturated heterocycles. The fourth-order valence-corrected chi connectivity index (χ4v) is 4.18. The van der Waals surface area contributed by atoms with Gasteiger partial charge in [-0.2, -0.15) is 0 Å². The van der Waals surface area contributed by atoms with Gasteiger partial charge < -0.3 is 9.90 Å². The topological polar surface area (TPSA) is 86.3 Å². The second-order valence-electron chi connectivity index (χ2n) is 5.71. The van der Waals surface area contributed by atoms with Crippen LogP contribution in [0.25, 0.3) is 0 Å². The van der Waals surface area contributed by atoms with Crippen LogP contribution in [0.15, 0.2) is 41.3 Å². The average Bonchev–Trinajstić information content (AvgIpc) is 2.94. The van der Waals surface area contributed by atoms with E-state index < -0.39 is 16.0 Å². The minimum Gasteiger partial charge on any atom is -0.545 e. The van der Waals surface area contributed by atoms with Gasteiger partial charge in [0.05, 0.1) is 10.9 Å². The summed E-state index contributed by atoms with van der Waals surface area (Å²) in [7, 11) is -3.86. The van der Waals surface area contributed by atoms with E-state index in [4.69, 9.17) is 0 Å².